The highest BCUT2D eigenvalue weighted by Crippen LogP contribution is 2.42. The van der Waals surface area contributed by atoms with Crippen LogP contribution in [0.1, 0.15) is 11.3 Å². The molecule has 0 N–H and O–H groups in total. The molecule has 0 aromatic carbocycles. The Bertz CT molecular complexity index is 643. The molecule has 0 amide bonds. The maximum absolute atomic E-state index is 12.7. The number of aromatic nitrogens is 1. The summed E-state index contributed by atoms with van der Waals surface area (Å²) in [7, 11) is -0.472. The molecule has 0 aliphatic carbocycles. The standard InChI is InChI=1S/C8H3Cl2F6NO3S/c9-1-3-2-17-6(7(11,12)13)5(21(10,18)19)4(3)20-8(14,15)16/h2H,1H2. The van der Waals surface area contributed by atoms with E-state index in [2.05, 4.69) is 9.72 Å². The quantitative estimate of drug-likeness (QED) is 0.458. The minimum Gasteiger partial charge on any atom is -0.404 e. The van der Waals surface area contributed by atoms with Gasteiger partial charge in [0.1, 0.15) is 0 Å². The maximum Gasteiger partial charge on any atom is 0.573 e. The van der Waals surface area contributed by atoms with Crippen LogP contribution in [-0.4, -0.2) is 19.8 Å². The van der Waals surface area contributed by atoms with E-state index in [1.807, 2.05) is 0 Å². The topological polar surface area (TPSA) is 56.3 Å². The average molecular weight is 378 g/mol. The zero-order valence-electron chi connectivity index (χ0n) is 9.39. The predicted molar refractivity (Wildman–Crippen MR) is 58.5 cm³/mol. The summed E-state index contributed by atoms with van der Waals surface area (Å²) in [5, 5.41) is 0. The molecule has 0 saturated heterocycles. The third kappa shape index (κ3) is 4.51. The fourth-order valence-electron chi connectivity index (χ4n) is 1.26. The van der Waals surface area contributed by atoms with Gasteiger partial charge in [0.15, 0.2) is 16.3 Å². The summed E-state index contributed by atoms with van der Waals surface area (Å²) in [6.45, 7) is 0. The van der Waals surface area contributed by atoms with Gasteiger partial charge in [-0.15, -0.1) is 24.8 Å². The normalized spacial score (nSPS) is 13.3. The van der Waals surface area contributed by atoms with Crippen molar-refractivity contribution in [1.29, 1.82) is 0 Å². The third-order valence-electron chi connectivity index (χ3n) is 1.94. The number of rotatable bonds is 3. The Morgan fingerprint density at radius 3 is 2.05 bits per heavy atom. The van der Waals surface area contributed by atoms with Crippen molar-refractivity contribution >= 4 is 31.3 Å². The molecule has 1 aromatic heterocycles. The predicted octanol–water partition coefficient (Wildman–Crippen LogP) is 3.67. The molecular formula is C8H3Cl2F6NO3S. The first-order chi connectivity index (χ1) is 9.27. The van der Waals surface area contributed by atoms with Crippen LogP contribution in [0.25, 0.3) is 0 Å². The number of hydrogen-bond donors (Lipinski definition) is 0. The van der Waals surface area contributed by atoms with Gasteiger partial charge in [-0.05, 0) is 0 Å². The molecule has 1 heterocycles. The Labute approximate surface area is 123 Å². The van der Waals surface area contributed by atoms with Crippen molar-refractivity contribution in [3.63, 3.8) is 0 Å². The number of pyridine rings is 1. The Hall–Kier alpha value is -0.940. The fourth-order valence-corrected chi connectivity index (χ4v) is 2.68. The molecule has 0 saturated carbocycles. The van der Waals surface area contributed by atoms with Gasteiger partial charge in [-0.25, -0.2) is 13.4 Å². The van der Waals surface area contributed by atoms with Crippen LogP contribution >= 0.6 is 22.3 Å². The lowest BCUT2D eigenvalue weighted by molar-refractivity contribution is -0.276. The van der Waals surface area contributed by atoms with Crippen LogP contribution in [0.5, 0.6) is 5.75 Å². The highest BCUT2D eigenvalue weighted by Gasteiger charge is 2.44. The van der Waals surface area contributed by atoms with E-state index in [1.165, 1.54) is 0 Å². The van der Waals surface area contributed by atoms with Gasteiger partial charge in [0.25, 0.3) is 9.05 Å². The summed E-state index contributed by atoms with van der Waals surface area (Å²) < 4.78 is 101. The molecule has 120 valence electrons. The fraction of sp³-hybridized carbons (Fsp3) is 0.375. The second-order valence-corrected chi connectivity index (χ2v) is 6.18. The van der Waals surface area contributed by atoms with E-state index in [-0.39, 0.29) is 0 Å². The van der Waals surface area contributed by atoms with E-state index in [9.17, 15) is 34.8 Å². The summed E-state index contributed by atoms with van der Waals surface area (Å²) in [5.74, 6) is -2.44. The van der Waals surface area contributed by atoms with Gasteiger partial charge in [-0.2, -0.15) is 13.2 Å². The van der Waals surface area contributed by atoms with Gasteiger partial charge in [-0.3, -0.25) is 0 Å². The lowest BCUT2D eigenvalue weighted by atomic mass is 10.2. The zero-order valence-corrected chi connectivity index (χ0v) is 11.7. The molecule has 1 rings (SSSR count). The molecule has 0 fully saturated rings. The second-order valence-electron chi connectivity index (χ2n) is 3.41. The van der Waals surface area contributed by atoms with E-state index in [4.69, 9.17) is 22.3 Å². The Balaban J connectivity index is 3.80. The summed E-state index contributed by atoms with van der Waals surface area (Å²) in [4.78, 5) is 0.820. The number of hydrogen-bond acceptors (Lipinski definition) is 4. The molecule has 0 radical (unpaired) electrons. The molecular weight excluding hydrogens is 375 g/mol. The van der Waals surface area contributed by atoms with E-state index in [0.717, 1.165) is 0 Å². The van der Waals surface area contributed by atoms with Crippen LogP contribution in [-0.2, 0) is 21.1 Å². The van der Waals surface area contributed by atoms with E-state index in [1.54, 1.807) is 0 Å². The van der Waals surface area contributed by atoms with Crippen LogP contribution in [0.2, 0.25) is 0 Å². The molecule has 0 aliphatic heterocycles. The van der Waals surface area contributed by atoms with Gasteiger partial charge >= 0.3 is 12.5 Å². The molecule has 0 unspecified atom stereocenters. The minimum atomic E-state index is -5.46. The second kappa shape index (κ2) is 5.69. The van der Waals surface area contributed by atoms with Crippen molar-refractivity contribution in [3.8, 4) is 5.75 Å². The monoisotopic (exact) mass is 377 g/mol. The van der Waals surface area contributed by atoms with Crippen molar-refractivity contribution in [2.24, 2.45) is 0 Å². The summed E-state index contributed by atoms with van der Waals surface area (Å²) >= 11 is 5.24. The number of alkyl halides is 7. The molecule has 0 aliphatic rings. The third-order valence-corrected chi connectivity index (χ3v) is 3.55. The molecule has 13 heteroatoms. The van der Waals surface area contributed by atoms with Crippen LogP contribution < -0.4 is 4.74 Å². The number of nitrogens with zero attached hydrogens (tertiary/aromatic N) is 1. The first-order valence-electron chi connectivity index (χ1n) is 4.63. The summed E-state index contributed by atoms with van der Waals surface area (Å²) in [6.07, 6.45) is -10.5. The minimum absolute atomic E-state index is 0.322. The largest absolute Gasteiger partial charge is 0.573 e. The lowest BCUT2D eigenvalue weighted by Gasteiger charge is -2.18. The number of ether oxygens (including phenoxy) is 1. The zero-order chi connectivity index (χ0) is 16.6. The highest BCUT2D eigenvalue weighted by atomic mass is 35.7. The Kier molecular flexibility index (Phi) is 4.91. The van der Waals surface area contributed by atoms with Gasteiger partial charge in [0, 0.05) is 22.4 Å². The lowest BCUT2D eigenvalue weighted by Crippen LogP contribution is -2.22. The van der Waals surface area contributed by atoms with Crippen LogP contribution in [0.3, 0.4) is 0 Å². The SMILES string of the molecule is O=S(=O)(Cl)c1c(C(F)(F)F)ncc(CCl)c1OC(F)(F)F. The smallest absolute Gasteiger partial charge is 0.404 e. The molecule has 0 atom stereocenters. The van der Waals surface area contributed by atoms with Crippen molar-refractivity contribution < 1.29 is 39.5 Å². The maximum atomic E-state index is 12.7. The van der Waals surface area contributed by atoms with Gasteiger partial charge < -0.3 is 4.74 Å². The summed E-state index contributed by atoms with van der Waals surface area (Å²) in [5.41, 5.74) is -2.85. The van der Waals surface area contributed by atoms with E-state index < -0.39 is 49.4 Å². The van der Waals surface area contributed by atoms with Crippen molar-refractivity contribution in [3.05, 3.63) is 17.5 Å². The van der Waals surface area contributed by atoms with Crippen molar-refractivity contribution in [1.82, 2.24) is 4.98 Å². The molecule has 21 heavy (non-hydrogen) atoms. The van der Waals surface area contributed by atoms with Crippen LogP contribution in [0, 0.1) is 0 Å². The van der Waals surface area contributed by atoms with Crippen LogP contribution in [0.15, 0.2) is 11.1 Å². The Morgan fingerprint density at radius 1 is 1.19 bits per heavy atom. The number of halogens is 8. The first kappa shape index (κ1) is 18.1. The Morgan fingerprint density at radius 2 is 1.71 bits per heavy atom. The summed E-state index contributed by atoms with van der Waals surface area (Å²) in [6, 6.07) is 0. The van der Waals surface area contributed by atoms with E-state index >= 15 is 0 Å². The van der Waals surface area contributed by atoms with Crippen LogP contribution in [0.4, 0.5) is 26.3 Å². The molecule has 0 spiro atoms. The first-order valence-corrected chi connectivity index (χ1v) is 7.47. The van der Waals surface area contributed by atoms with Gasteiger partial charge in [-0.1, -0.05) is 0 Å². The van der Waals surface area contributed by atoms with Crippen molar-refractivity contribution in [2.45, 2.75) is 23.3 Å². The van der Waals surface area contributed by atoms with Gasteiger partial charge in [0.05, 0.1) is 5.88 Å². The average Bonchev–Trinajstić information content (AvgIpc) is 2.23. The molecule has 0 bridgehead atoms. The van der Waals surface area contributed by atoms with Crippen molar-refractivity contribution in [2.75, 3.05) is 0 Å². The van der Waals surface area contributed by atoms with E-state index in [0.29, 0.717) is 6.20 Å². The van der Waals surface area contributed by atoms with Gasteiger partial charge in [0.2, 0.25) is 0 Å². The molecule has 1 aromatic rings. The molecule has 4 nitrogen and oxygen atoms in total. The highest BCUT2D eigenvalue weighted by molar-refractivity contribution is 8.13.